The summed E-state index contributed by atoms with van der Waals surface area (Å²) in [6.07, 6.45) is 9.86. The van der Waals surface area contributed by atoms with E-state index in [0.717, 1.165) is 25.7 Å². The monoisotopic (exact) mass is 478 g/mol. The first-order valence-corrected chi connectivity index (χ1v) is 12.6. The van der Waals surface area contributed by atoms with Crippen molar-refractivity contribution in [1.29, 1.82) is 0 Å². The number of pyridine rings is 1. The third-order valence-corrected chi connectivity index (χ3v) is 7.88. The van der Waals surface area contributed by atoms with E-state index in [4.69, 9.17) is 0 Å². The minimum Gasteiger partial charge on any atom is -0.342 e. The van der Waals surface area contributed by atoms with Crippen molar-refractivity contribution in [2.45, 2.75) is 57.0 Å². The second kappa shape index (κ2) is 9.76. The number of hydrogen-bond acceptors (Lipinski definition) is 4. The lowest BCUT2D eigenvalue weighted by Crippen LogP contribution is -2.54. The van der Waals surface area contributed by atoms with Crippen LogP contribution in [0.25, 0.3) is 0 Å². The Balaban J connectivity index is 1.37. The highest BCUT2D eigenvalue weighted by molar-refractivity contribution is 6.07. The summed E-state index contributed by atoms with van der Waals surface area (Å²) in [6.45, 7) is 1.21. The fraction of sp³-hybridized carbons (Fsp3) is 0.481. The maximum atomic E-state index is 13.9. The van der Waals surface area contributed by atoms with Gasteiger partial charge >= 0.3 is 6.03 Å². The molecule has 3 aliphatic rings. The van der Waals surface area contributed by atoms with Gasteiger partial charge in [0.2, 0.25) is 5.91 Å². The number of likely N-dealkylation sites (tertiary alicyclic amines) is 1. The van der Waals surface area contributed by atoms with Crippen LogP contribution in [0.5, 0.6) is 0 Å². The molecule has 0 unspecified atom stereocenters. The largest absolute Gasteiger partial charge is 0.342 e. The molecule has 3 heterocycles. The Kier molecular flexibility index (Phi) is 6.54. The van der Waals surface area contributed by atoms with Crippen molar-refractivity contribution >= 4 is 17.8 Å². The Morgan fingerprint density at radius 1 is 1.03 bits per heavy atom. The van der Waals surface area contributed by atoms with E-state index in [1.165, 1.54) is 23.5 Å². The van der Waals surface area contributed by atoms with Crippen LogP contribution in [0, 0.1) is 17.7 Å². The van der Waals surface area contributed by atoms with Crippen LogP contribution in [-0.2, 0) is 21.7 Å². The number of nitrogens with one attached hydrogen (secondary N) is 1. The van der Waals surface area contributed by atoms with E-state index in [2.05, 4.69) is 10.3 Å². The zero-order chi connectivity index (χ0) is 24.4. The molecule has 1 aliphatic carbocycles. The van der Waals surface area contributed by atoms with Crippen molar-refractivity contribution in [3.63, 3.8) is 0 Å². The maximum absolute atomic E-state index is 13.9. The number of benzene rings is 1. The number of urea groups is 1. The van der Waals surface area contributed by atoms with Crippen LogP contribution in [0.3, 0.4) is 0 Å². The molecule has 184 valence electrons. The molecule has 1 N–H and O–H groups in total. The molecule has 1 aromatic heterocycles. The van der Waals surface area contributed by atoms with Gasteiger partial charge in [-0.3, -0.25) is 19.5 Å². The highest BCUT2D eigenvalue weighted by Gasteiger charge is 2.57. The lowest BCUT2D eigenvalue weighted by molar-refractivity contribution is -0.139. The topological polar surface area (TPSA) is 82.6 Å². The van der Waals surface area contributed by atoms with Gasteiger partial charge in [-0.1, -0.05) is 37.5 Å². The predicted molar refractivity (Wildman–Crippen MR) is 127 cm³/mol. The summed E-state index contributed by atoms with van der Waals surface area (Å²) in [4.78, 5) is 47.5. The average Bonchev–Trinajstić information content (AvgIpc) is 3.16. The molecule has 35 heavy (non-hydrogen) atoms. The molecular weight excluding hydrogens is 447 g/mol. The molecule has 1 atom stereocenters. The Labute approximate surface area is 204 Å². The number of piperidine rings is 1. The van der Waals surface area contributed by atoms with Gasteiger partial charge in [-0.15, -0.1) is 0 Å². The highest BCUT2D eigenvalue weighted by Crippen LogP contribution is 2.42. The predicted octanol–water partition coefficient (Wildman–Crippen LogP) is 3.99. The van der Waals surface area contributed by atoms with Gasteiger partial charge < -0.3 is 10.2 Å². The molecule has 1 saturated carbocycles. The Morgan fingerprint density at radius 3 is 2.40 bits per heavy atom. The van der Waals surface area contributed by atoms with Crippen molar-refractivity contribution in [3.05, 3.63) is 65.7 Å². The molecule has 2 aliphatic heterocycles. The van der Waals surface area contributed by atoms with E-state index in [1.807, 2.05) is 11.0 Å². The van der Waals surface area contributed by atoms with E-state index >= 15 is 0 Å². The zero-order valence-electron chi connectivity index (χ0n) is 19.8. The van der Waals surface area contributed by atoms with Gasteiger partial charge in [0, 0.05) is 37.0 Å². The minimum atomic E-state index is -1.23. The zero-order valence-corrected chi connectivity index (χ0v) is 19.8. The molecule has 8 heteroatoms. The molecular formula is C27H31FN4O3. The van der Waals surface area contributed by atoms with Gasteiger partial charge in [0.15, 0.2) is 5.54 Å². The third-order valence-electron chi connectivity index (χ3n) is 7.88. The first-order chi connectivity index (χ1) is 17.0. The summed E-state index contributed by atoms with van der Waals surface area (Å²) >= 11 is 0. The summed E-state index contributed by atoms with van der Waals surface area (Å²) < 4.78 is 13.4. The van der Waals surface area contributed by atoms with E-state index in [9.17, 15) is 18.8 Å². The van der Waals surface area contributed by atoms with E-state index < -0.39 is 11.6 Å². The van der Waals surface area contributed by atoms with Crippen LogP contribution >= 0.6 is 0 Å². The van der Waals surface area contributed by atoms with Gasteiger partial charge in [0.25, 0.3) is 5.91 Å². The third kappa shape index (κ3) is 4.42. The lowest BCUT2D eigenvalue weighted by Gasteiger charge is -2.42. The molecule has 2 aromatic rings. The van der Waals surface area contributed by atoms with Crippen LogP contribution in [0.1, 0.15) is 56.1 Å². The van der Waals surface area contributed by atoms with Gasteiger partial charge in [-0.05, 0) is 55.4 Å². The second-order valence-corrected chi connectivity index (χ2v) is 9.93. The molecule has 0 radical (unpaired) electrons. The van der Waals surface area contributed by atoms with Gasteiger partial charge in [-0.25, -0.2) is 9.18 Å². The van der Waals surface area contributed by atoms with Crippen LogP contribution in [-0.4, -0.2) is 45.7 Å². The number of nitrogens with zero attached hydrogens (tertiary/aromatic N) is 3. The SMILES string of the molecule is O=C(C1CCCCC1)N1CCC([C@]2(c3cccnc3)NC(=O)N(Cc3ccc(F)cc3)C2=O)CC1. The molecule has 7 nitrogen and oxygen atoms in total. The number of carbonyl (C=O) groups excluding carboxylic acids is 3. The Morgan fingerprint density at radius 2 is 1.74 bits per heavy atom. The molecule has 0 bridgehead atoms. The van der Waals surface area contributed by atoms with Gasteiger partial charge in [0.05, 0.1) is 6.54 Å². The van der Waals surface area contributed by atoms with Crippen molar-refractivity contribution < 1.29 is 18.8 Å². The number of amides is 4. The first kappa shape index (κ1) is 23.5. The number of imide groups is 1. The quantitative estimate of drug-likeness (QED) is 0.659. The lowest BCUT2D eigenvalue weighted by atomic mass is 9.73. The number of aromatic nitrogens is 1. The van der Waals surface area contributed by atoms with Crippen molar-refractivity contribution in [3.8, 4) is 0 Å². The smallest absolute Gasteiger partial charge is 0.325 e. The maximum Gasteiger partial charge on any atom is 0.325 e. The summed E-state index contributed by atoms with van der Waals surface area (Å²) in [5.74, 6) is -0.510. The van der Waals surface area contributed by atoms with Gasteiger partial charge in [0.1, 0.15) is 5.82 Å². The molecule has 3 fully saturated rings. The Bertz CT molecular complexity index is 1080. The molecule has 0 spiro atoms. The van der Waals surface area contributed by atoms with Crippen LogP contribution in [0.4, 0.5) is 9.18 Å². The second-order valence-electron chi connectivity index (χ2n) is 9.93. The van der Waals surface area contributed by atoms with Gasteiger partial charge in [-0.2, -0.15) is 0 Å². The fourth-order valence-corrected chi connectivity index (χ4v) is 5.96. The molecule has 5 rings (SSSR count). The summed E-state index contributed by atoms with van der Waals surface area (Å²) in [6, 6.07) is 8.92. The molecule has 4 amide bonds. The van der Waals surface area contributed by atoms with E-state index in [1.54, 1.807) is 30.6 Å². The van der Waals surface area contributed by atoms with Crippen molar-refractivity contribution in [2.24, 2.45) is 11.8 Å². The normalized spacial score (nSPS) is 24.0. The van der Waals surface area contributed by atoms with Crippen LogP contribution < -0.4 is 5.32 Å². The number of halogens is 1. The summed E-state index contributed by atoms with van der Waals surface area (Å²) in [7, 11) is 0. The average molecular weight is 479 g/mol. The molecule has 2 saturated heterocycles. The number of rotatable bonds is 5. The summed E-state index contributed by atoms with van der Waals surface area (Å²) in [5.41, 5.74) is 0.0903. The standard InChI is InChI=1S/C27H31FN4O3/c28-23-10-8-19(9-11-23)18-32-25(34)27(30-26(32)35,22-7-4-14-29-17-22)21-12-15-31(16-13-21)24(33)20-5-2-1-3-6-20/h4,7-11,14,17,20-21H,1-3,5-6,12-13,15-16,18H2,(H,30,35)/t27-/m1/s1. The van der Waals surface area contributed by atoms with E-state index in [-0.39, 0.29) is 36.0 Å². The van der Waals surface area contributed by atoms with Crippen LogP contribution in [0.2, 0.25) is 0 Å². The van der Waals surface area contributed by atoms with Crippen LogP contribution in [0.15, 0.2) is 48.8 Å². The summed E-state index contributed by atoms with van der Waals surface area (Å²) in [5, 5.41) is 3.01. The Hall–Kier alpha value is -3.29. The minimum absolute atomic E-state index is 0.0615. The van der Waals surface area contributed by atoms with E-state index in [0.29, 0.717) is 37.1 Å². The number of hydrogen-bond donors (Lipinski definition) is 1. The number of carbonyl (C=O) groups is 3. The van der Waals surface area contributed by atoms with Crippen molar-refractivity contribution in [1.82, 2.24) is 20.1 Å². The highest BCUT2D eigenvalue weighted by atomic mass is 19.1. The van der Waals surface area contributed by atoms with Crippen molar-refractivity contribution in [2.75, 3.05) is 13.1 Å². The fourth-order valence-electron chi connectivity index (χ4n) is 5.96. The first-order valence-electron chi connectivity index (χ1n) is 12.6. The molecule has 1 aromatic carbocycles.